The van der Waals surface area contributed by atoms with Gasteiger partial charge in [-0.05, 0) is 62.6 Å². The lowest BCUT2D eigenvalue weighted by atomic mass is 10.1. The summed E-state index contributed by atoms with van der Waals surface area (Å²) in [4.78, 5) is 28.5. The molecule has 8 nitrogen and oxygen atoms in total. The van der Waals surface area contributed by atoms with Gasteiger partial charge in [-0.3, -0.25) is 18.6 Å². The number of aromatic nitrogens is 4. The molecular formula is C32H36N6O2. The van der Waals surface area contributed by atoms with Gasteiger partial charge in [-0.1, -0.05) is 54.1 Å². The lowest BCUT2D eigenvalue weighted by Crippen LogP contribution is -2.30. The Morgan fingerprint density at radius 1 is 0.950 bits per heavy atom. The van der Waals surface area contributed by atoms with Gasteiger partial charge in [-0.25, -0.2) is 0 Å². The standard InChI is InChI=1S/C32H36N6O2/c1-4-36(26-10-7-9-24(3)21-26)20-8-19-33-30(39)18-17-29-34-35-32-37(22-25-15-13-23(2)14-16-25)31(40)27-11-5-6-12-28(27)38(29)32/h5-7,9-16,21H,4,8,17-20,22H2,1-3H3,(H,33,39). The van der Waals surface area contributed by atoms with E-state index in [1.807, 2.05) is 59.9 Å². The largest absolute Gasteiger partial charge is 0.372 e. The topological polar surface area (TPSA) is 84.5 Å². The van der Waals surface area contributed by atoms with Crippen LogP contribution in [0, 0.1) is 13.8 Å². The molecule has 0 radical (unpaired) electrons. The van der Waals surface area contributed by atoms with Crippen LogP contribution >= 0.6 is 0 Å². The highest BCUT2D eigenvalue weighted by Gasteiger charge is 2.17. The molecule has 0 fully saturated rings. The van der Waals surface area contributed by atoms with Crippen molar-refractivity contribution in [3.8, 4) is 0 Å². The molecule has 3 aromatic carbocycles. The van der Waals surface area contributed by atoms with E-state index in [9.17, 15) is 9.59 Å². The van der Waals surface area contributed by atoms with E-state index in [2.05, 4.69) is 58.5 Å². The van der Waals surface area contributed by atoms with Crippen molar-refractivity contribution < 1.29 is 4.79 Å². The Morgan fingerprint density at radius 3 is 2.52 bits per heavy atom. The minimum absolute atomic E-state index is 0.0207. The molecule has 1 amide bonds. The highest BCUT2D eigenvalue weighted by Crippen LogP contribution is 2.18. The first-order valence-corrected chi connectivity index (χ1v) is 13.9. The molecule has 0 saturated heterocycles. The Bertz CT molecular complexity index is 1690. The molecule has 0 aliphatic carbocycles. The van der Waals surface area contributed by atoms with E-state index in [-0.39, 0.29) is 11.5 Å². The average Bonchev–Trinajstić information content (AvgIpc) is 3.39. The molecule has 0 atom stereocenters. The number of hydrogen-bond donors (Lipinski definition) is 1. The van der Waals surface area contributed by atoms with Crippen LogP contribution in [-0.4, -0.2) is 44.7 Å². The summed E-state index contributed by atoms with van der Waals surface area (Å²) in [6.45, 7) is 9.08. The Hall–Kier alpha value is -4.46. The van der Waals surface area contributed by atoms with E-state index < -0.39 is 0 Å². The highest BCUT2D eigenvalue weighted by atomic mass is 16.1. The maximum Gasteiger partial charge on any atom is 0.263 e. The second kappa shape index (κ2) is 12.2. The van der Waals surface area contributed by atoms with Gasteiger partial charge < -0.3 is 10.2 Å². The molecular weight excluding hydrogens is 500 g/mol. The molecule has 2 heterocycles. The van der Waals surface area contributed by atoms with Gasteiger partial charge in [0.2, 0.25) is 11.7 Å². The van der Waals surface area contributed by atoms with Crippen LogP contribution in [0.2, 0.25) is 0 Å². The van der Waals surface area contributed by atoms with Crippen LogP contribution in [0.25, 0.3) is 16.7 Å². The molecule has 40 heavy (non-hydrogen) atoms. The number of carbonyl (C=O) groups excluding carboxylic acids is 1. The Morgan fingerprint density at radius 2 is 1.75 bits per heavy atom. The quantitative estimate of drug-likeness (QED) is 0.248. The summed E-state index contributed by atoms with van der Waals surface area (Å²) >= 11 is 0. The van der Waals surface area contributed by atoms with Crippen molar-refractivity contribution in [1.82, 2.24) is 24.5 Å². The van der Waals surface area contributed by atoms with Crippen LogP contribution in [0.1, 0.15) is 42.3 Å². The number of carbonyl (C=O) groups is 1. The molecule has 0 bridgehead atoms. The van der Waals surface area contributed by atoms with Crippen LogP contribution in [0.4, 0.5) is 5.69 Å². The molecule has 0 saturated carbocycles. The first-order chi connectivity index (χ1) is 19.4. The molecule has 0 spiro atoms. The summed E-state index contributed by atoms with van der Waals surface area (Å²) in [5.41, 5.74) is 5.27. The van der Waals surface area contributed by atoms with Gasteiger partial charge in [0.25, 0.3) is 5.56 Å². The van der Waals surface area contributed by atoms with Crippen molar-refractivity contribution in [2.75, 3.05) is 24.5 Å². The molecule has 2 aromatic heterocycles. The first-order valence-electron chi connectivity index (χ1n) is 13.9. The monoisotopic (exact) mass is 536 g/mol. The van der Waals surface area contributed by atoms with Gasteiger partial charge in [-0.2, -0.15) is 0 Å². The fraction of sp³-hybridized carbons (Fsp3) is 0.312. The van der Waals surface area contributed by atoms with Gasteiger partial charge in [-0.15, -0.1) is 10.2 Å². The average molecular weight is 537 g/mol. The molecule has 5 rings (SSSR count). The van der Waals surface area contributed by atoms with Crippen molar-refractivity contribution in [2.24, 2.45) is 0 Å². The van der Waals surface area contributed by atoms with Crippen molar-refractivity contribution in [1.29, 1.82) is 0 Å². The zero-order valence-corrected chi connectivity index (χ0v) is 23.4. The number of nitrogens with zero attached hydrogens (tertiary/aromatic N) is 5. The smallest absolute Gasteiger partial charge is 0.263 e. The van der Waals surface area contributed by atoms with E-state index in [1.54, 1.807) is 4.57 Å². The lowest BCUT2D eigenvalue weighted by Gasteiger charge is -2.23. The minimum atomic E-state index is -0.104. The number of anilines is 1. The summed E-state index contributed by atoms with van der Waals surface area (Å²) in [5, 5.41) is 12.5. The van der Waals surface area contributed by atoms with Crippen molar-refractivity contribution in [2.45, 2.75) is 46.6 Å². The summed E-state index contributed by atoms with van der Waals surface area (Å²) < 4.78 is 3.58. The van der Waals surface area contributed by atoms with Crippen molar-refractivity contribution in [3.63, 3.8) is 0 Å². The fourth-order valence-corrected chi connectivity index (χ4v) is 5.10. The van der Waals surface area contributed by atoms with Crippen LogP contribution < -0.4 is 15.8 Å². The Kier molecular flexibility index (Phi) is 8.24. The molecule has 5 aromatic rings. The van der Waals surface area contributed by atoms with Crippen molar-refractivity contribution >= 4 is 28.3 Å². The Labute approximate surface area is 234 Å². The van der Waals surface area contributed by atoms with E-state index >= 15 is 0 Å². The first kappa shape index (κ1) is 27.1. The fourth-order valence-electron chi connectivity index (χ4n) is 5.10. The van der Waals surface area contributed by atoms with Gasteiger partial charge in [0, 0.05) is 38.2 Å². The van der Waals surface area contributed by atoms with Crippen LogP contribution in [0.5, 0.6) is 0 Å². The molecule has 8 heteroatoms. The number of nitrogens with one attached hydrogen (secondary N) is 1. The van der Waals surface area contributed by atoms with Crippen molar-refractivity contribution in [3.05, 3.63) is 106 Å². The summed E-state index contributed by atoms with van der Waals surface area (Å²) in [5.74, 6) is 1.12. The minimum Gasteiger partial charge on any atom is -0.372 e. The maximum absolute atomic E-state index is 13.4. The zero-order chi connectivity index (χ0) is 28.1. The van der Waals surface area contributed by atoms with E-state index in [1.165, 1.54) is 11.3 Å². The zero-order valence-electron chi connectivity index (χ0n) is 23.4. The number of aryl methyl sites for hydroxylation is 3. The normalized spacial score (nSPS) is 11.3. The summed E-state index contributed by atoms with van der Waals surface area (Å²) in [7, 11) is 0. The third-order valence-electron chi connectivity index (χ3n) is 7.29. The summed E-state index contributed by atoms with van der Waals surface area (Å²) in [6, 6.07) is 24.1. The van der Waals surface area contributed by atoms with Gasteiger partial charge >= 0.3 is 0 Å². The number of fused-ring (bicyclic) bond motifs is 3. The van der Waals surface area contributed by atoms with Crippen LogP contribution in [0.15, 0.2) is 77.6 Å². The van der Waals surface area contributed by atoms with Gasteiger partial charge in [0.1, 0.15) is 5.82 Å². The summed E-state index contributed by atoms with van der Waals surface area (Å²) in [6.07, 6.45) is 1.57. The number of amides is 1. The number of hydrogen-bond acceptors (Lipinski definition) is 5. The molecule has 0 aliphatic rings. The van der Waals surface area contributed by atoms with Crippen LogP contribution in [-0.2, 0) is 17.8 Å². The van der Waals surface area contributed by atoms with Gasteiger partial charge in [0.05, 0.1) is 17.4 Å². The van der Waals surface area contributed by atoms with Gasteiger partial charge in [0.15, 0.2) is 0 Å². The number of benzene rings is 3. The SMILES string of the molecule is CCN(CCCNC(=O)CCc1nnc2n(Cc3ccc(C)cc3)c(=O)c3ccccc3n12)c1cccc(C)c1. The highest BCUT2D eigenvalue weighted by molar-refractivity contribution is 5.80. The second-order valence-electron chi connectivity index (χ2n) is 10.3. The molecule has 0 aliphatic heterocycles. The van der Waals surface area contributed by atoms with Crippen LogP contribution in [0.3, 0.4) is 0 Å². The Balaban J connectivity index is 1.27. The molecule has 1 N–H and O–H groups in total. The molecule has 206 valence electrons. The third kappa shape index (κ3) is 5.91. The number of para-hydroxylation sites is 1. The van der Waals surface area contributed by atoms with E-state index in [4.69, 9.17) is 0 Å². The van der Waals surface area contributed by atoms with E-state index in [0.717, 1.165) is 36.2 Å². The lowest BCUT2D eigenvalue weighted by molar-refractivity contribution is -0.121. The predicted octanol–water partition coefficient (Wildman–Crippen LogP) is 4.67. The maximum atomic E-state index is 13.4. The third-order valence-corrected chi connectivity index (χ3v) is 7.29. The number of rotatable bonds is 11. The molecule has 0 unspecified atom stereocenters. The second-order valence-corrected chi connectivity index (χ2v) is 10.3. The van der Waals surface area contributed by atoms with E-state index in [0.29, 0.717) is 42.9 Å². The predicted molar refractivity (Wildman–Crippen MR) is 160 cm³/mol.